The Morgan fingerprint density at radius 2 is 1.83 bits per heavy atom. The molecule has 1 amide bonds. The van der Waals surface area contributed by atoms with Crippen molar-refractivity contribution in [1.29, 1.82) is 0 Å². The summed E-state index contributed by atoms with van der Waals surface area (Å²) in [5.41, 5.74) is 1.13. The van der Waals surface area contributed by atoms with E-state index in [0.29, 0.717) is 42.6 Å². The first-order valence-corrected chi connectivity index (χ1v) is 9.73. The smallest absolute Gasteiger partial charge is 0.272 e. The molecule has 1 N–H and O–H groups in total. The van der Waals surface area contributed by atoms with Crippen LogP contribution >= 0.6 is 0 Å². The summed E-state index contributed by atoms with van der Waals surface area (Å²) < 4.78 is 1.72. The molecule has 1 saturated heterocycles. The van der Waals surface area contributed by atoms with Crippen molar-refractivity contribution >= 4 is 33.5 Å². The van der Waals surface area contributed by atoms with Crippen molar-refractivity contribution < 1.29 is 4.79 Å². The molecule has 0 saturated carbocycles. The Morgan fingerprint density at radius 3 is 2.63 bits per heavy atom. The Labute approximate surface area is 171 Å². The lowest BCUT2D eigenvalue weighted by atomic mass is 10.1. The Balaban J connectivity index is 1.31. The number of aromatic amines is 1. The minimum atomic E-state index is -0.248. The van der Waals surface area contributed by atoms with E-state index in [9.17, 15) is 9.59 Å². The molecule has 0 atom stereocenters. The van der Waals surface area contributed by atoms with E-state index >= 15 is 0 Å². The van der Waals surface area contributed by atoms with Gasteiger partial charge in [-0.25, -0.2) is 15.1 Å². The number of hydrogen-bond donors (Lipinski definition) is 1. The maximum atomic E-state index is 12.9. The van der Waals surface area contributed by atoms with Crippen LogP contribution < -0.4 is 10.5 Å². The number of anilines is 1. The Bertz CT molecular complexity index is 1300. The molecule has 1 aliphatic rings. The number of nitrogens with one attached hydrogen (secondary N) is 1. The van der Waals surface area contributed by atoms with Gasteiger partial charge in [0.1, 0.15) is 12.1 Å². The van der Waals surface area contributed by atoms with Crippen molar-refractivity contribution in [3.63, 3.8) is 0 Å². The third-order valence-electron chi connectivity index (χ3n) is 5.53. The minimum Gasteiger partial charge on any atom is -0.352 e. The van der Waals surface area contributed by atoms with Crippen LogP contribution in [0.25, 0.3) is 21.8 Å². The molecule has 1 aliphatic heterocycles. The van der Waals surface area contributed by atoms with Crippen LogP contribution in [-0.2, 0) is 18.3 Å². The summed E-state index contributed by atoms with van der Waals surface area (Å²) >= 11 is 0. The number of carbonyl (C=O) groups excluding carboxylic acids is 1. The monoisotopic (exact) mass is 404 g/mol. The average molecular weight is 404 g/mol. The van der Waals surface area contributed by atoms with Crippen molar-refractivity contribution in [2.45, 2.75) is 6.42 Å². The molecule has 0 bridgehead atoms. The summed E-state index contributed by atoms with van der Waals surface area (Å²) in [6.45, 7) is 2.52. The van der Waals surface area contributed by atoms with Gasteiger partial charge in [0.05, 0.1) is 29.1 Å². The van der Waals surface area contributed by atoms with Crippen LogP contribution in [-0.4, -0.2) is 66.9 Å². The Hall–Kier alpha value is -3.82. The predicted molar refractivity (Wildman–Crippen MR) is 111 cm³/mol. The van der Waals surface area contributed by atoms with Gasteiger partial charge in [0.25, 0.3) is 5.56 Å². The molecule has 1 aromatic carbocycles. The molecule has 0 unspecified atom stereocenters. The van der Waals surface area contributed by atoms with Gasteiger partial charge < -0.3 is 9.80 Å². The molecule has 0 radical (unpaired) electrons. The molecule has 10 heteroatoms. The van der Waals surface area contributed by atoms with Crippen molar-refractivity contribution in [3.8, 4) is 0 Å². The average Bonchev–Trinajstić information content (AvgIpc) is 3.17. The second-order valence-corrected chi connectivity index (χ2v) is 7.29. The number of fused-ring (bicyclic) bond motifs is 2. The van der Waals surface area contributed by atoms with Crippen LogP contribution in [0.15, 0.2) is 41.6 Å². The quantitative estimate of drug-likeness (QED) is 0.529. The third kappa shape index (κ3) is 3.06. The highest BCUT2D eigenvalue weighted by atomic mass is 16.2. The first kappa shape index (κ1) is 18.2. The van der Waals surface area contributed by atoms with Crippen molar-refractivity contribution in [1.82, 2.24) is 34.8 Å². The first-order valence-electron chi connectivity index (χ1n) is 9.73. The van der Waals surface area contributed by atoms with Crippen LogP contribution in [0.2, 0.25) is 0 Å². The fourth-order valence-corrected chi connectivity index (χ4v) is 3.93. The zero-order chi connectivity index (χ0) is 20.7. The van der Waals surface area contributed by atoms with Crippen LogP contribution in [0, 0.1) is 0 Å². The molecule has 0 spiro atoms. The summed E-state index contributed by atoms with van der Waals surface area (Å²) in [4.78, 5) is 37.6. The van der Waals surface area contributed by atoms with E-state index in [1.807, 2.05) is 24.1 Å². The van der Waals surface area contributed by atoms with E-state index in [2.05, 4.69) is 30.2 Å². The van der Waals surface area contributed by atoms with Crippen LogP contribution in [0.5, 0.6) is 0 Å². The molecule has 4 aromatic rings. The maximum Gasteiger partial charge on any atom is 0.272 e. The van der Waals surface area contributed by atoms with Gasteiger partial charge in [-0.3, -0.25) is 14.3 Å². The predicted octanol–water partition coefficient (Wildman–Crippen LogP) is 0.491. The summed E-state index contributed by atoms with van der Waals surface area (Å²) in [6, 6.07) is 7.21. The number of rotatable bonds is 3. The van der Waals surface area contributed by atoms with E-state index < -0.39 is 0 Å². The van der Waals surface area contributed by atoms with Crippen LogP contribution in [0.1, 0.15) is 5.69 Å². The number of benzene rings is 1. The summed E-state index contributed by atoms with van der Waals surface area (Å²) in [5, 5.41) is 13.0. The van der Waals surface area contributed by atoms with Gasteiger partial charge in [0.15, 0.2) is 5.65 Å². The molecular formula is C20H20N8O2. The fraction of sp³-hybridized carbons (Fsp3) is 0.300. The van der Waals surface area contributed by atoms with Crippen LogP contribution in [0.4, 0.5) is 5.82 Å². The van der Waals surface area contributed by atoms with E-state index in [4.69, 9.17) is 0 Å². The molecule has 10 nitrogen and oxygen atoms in total. The van der Waals surface area contributed by atoms with E-state index in [1.54, 1.807) is 29.3 Å². The van der Waals surface area contributed by atoms with E-state index in [-0.39, 0.29) is 17.9 Å². The van der Waals surface area contributed by atoms with Crippen LogP contribution in [0.3, 0.4) is 0 Å². The number of nitrogens with zero attached hydrogens (tertiary/aromatic N) is 7. The maximum absolute atomic E-state index is 12.9. The number of H-pyrrole nitrogens is 1. The van der Waals surface area contributed by atoms with E-state index in [1.165, 1.54) is 0 Å². The Morgan fingerprint density at radius 1 is 1.07 bits per heavy atom. The zero-order valence-corrected chi connectivity index (χ0v) is 16.4. The number of piperazine rings is 1. The number of aryl methyl sites for hydroxylation is 1. The number of aromatic nitrogens is 6. The zero-order valence-electron chi connectivity index (χ0n) is 16.4. The van der Waals surface area contributed by atoms with E-state index in [0.717, 1.165) is 16.9 Å². The number of hydrogen-bond acceptors (Lipinski definition) is 7. The second-order valence-electron chi connectivity index (χ2n) is 7.29. The third-order valence-corrected chi connectivity index (χ3v) is 5.53. The van der Waals surface area contributed by atoms with Gasteiger partial charge >= 0.3 is 0 Å². The van der Waals surface area contributed by atoms with Gasteiger partial charge in [-0.05, 0) is 6.07 Å². The van der Waals surface area contributed by atoms with Crippen molar-refractivity contribution in [2.24, 2.45) is 7.05 Å². The highest BCUT2D eigenvalue weighted by Crippen LogP contribution is 2.23. The summed E-state index contributed by atoms with van der Waals surface area (Å²) in [6.07, 6.45) is 3.47. The SMILES string of the molecule is Cn1ncc2c(N3CCN(C(=O)Cc4n[nH]c(=O)c5ccccc45)CC3)ncnc21. The largest absolute Gasteiger partial charge is 0.352 e. The molecule has 3 aromatic heterocycles. The molecule has 0 aliphatic carbocycles. The van der Waals surface area contributed by atoms with Gasteiger partial charge in [-0.2, -0.15) is 10.2 Å². The molecular weight excluding hydrogens is 384 g/mol. The molecule has 4 heterocycles. The Kier molecular flexibility index (Phi) is 4.38. The number of carbonyl (C=O) groups is 1. The van der Waals surface area contributed by atoms with Crippen molar-refractivity contribution in [3.05, 3.63) is 52.8 Å². The fourth-order valence-electron chi connectivity index (χ4n) is 3.93. The minimum absolute atomic E-state index is 0.00596. The van der Waals surface area contributed by atoms with Gasteiger partial charge in [-0.1, -0.05) is 18.2 Å². The lowest BCUT2D eigenvalue weighted by Crippen LogP contribution is -2.49. The molecule has 30 heavy (non-hydrogen) atoms. The molecule has 152 valence electrons. The highest BCUT2D eigenvalue weighted by Gasteiger charge is 2.24. The van der Waals surface area contributed by atoms with Gasteiger partial charge in [-0.15, -0.1) is 0 Å². The highest BCUT2D eigenvalue weighted by molar-refractivity contribution is 5.89. The van der Waals surface area contributed by atoms with Gasteiger partial charge in [0.2, 0.25) is 5.91 Å². The second kappa shape index (κ2) is 7.21. The van der Waals surface area contributed by atoms with Crippen molar-refractivity contribution in [2.75, 3.05) is 31.1 Å². The lowest BCUT2D eigenvalue weighted by molar-refractivity contribution is -0.130. The lowest BCUT2D eigenvalue weighted by Gasteiger charge is -2.35. The molecule has 5 rings (SSSR count). The first-order chi connectivity index (χ1) is 14.6. The molecule has 1 fully saturated rings. The summed E-state index contributed by atoms with van der Waals surface area (Å²) in [7, 11) is 1.85. The normalized spacial score (nSPS) is 14.6. The number of amides is 1. The standard InChI is InChI=1S/C20H20N8O2/c1-26-18-15(11-23-26)19(22-12-21-18)28-8-6-27(7-9-28)17(29)10-16-13-4-2-3-5-14(13)20(30)25-24-16/h2-5,11-12H,6-10H2,1H3,(H,25,30). The van der Waals surface area contributed by atoms with Gasteiger partial charge in [0, 0.05) is 38.6 Å². The topological polar surface area (TPSA) is 113 Å². The summed E-state index contributed by atoms with van der Waals surface area (Å²) in [5.74, 6) is 0.835.